The Labute approximate surface area is 151 Å². The Hall–Kier alpha value is -1.43. The van der Waals surface area contributed by atoms with E-state index in [4.69, 9.17) is 0 Å². The summed E-state index contributed by atoms with van der Waals surface area (Å²) in [4.78, 5) is 17.0. The van der Waals surface area contributed by atoms with Gasteiger partial charge in [0.1, 0.15) is 0 Å². The van der Waals surface area contributed by atoms with Crippen LogP contribution in [0.1, 0.15) is 31.2 Å². The average Bonchev–Trinajstić information content (AvgIpc) is 3.18. The van der Waals surface area contributed by atoms with Crippen LogP contribution in [0.15, 0.2) is 30.3 Å². The van der Waals surface area contributed by atoms with Crippen LogP contribution in [0, 0.1) is 0 Å². The molecule has 1 amide bonds. The van der Waals surface area contributed by atoms with Crippen molar-refractivity contribution < 1.29 is 4.79 Å². The Morgan fingerprint density at radius 3 is 2.56 bits per heavy atom. The monoisotopic (exact) mass is 344 g/mol. The molecule has 0 unspecified atom stereocenters. The molecule has 1 atom stereocenters. The van der Waals surface area contributed by atoms with Crippen molar-refractivity contribution in [1.82, 2.24) is 20.4 Å². The first-order valence-electron chi connectivity index (χ1n) is 9.81. The van der Waals surface area contributed by atoms with Crippen molar-refractivity contribution in [2.75, 3.05) is 45.8 Å². The highest BCUT2D eigenvalue weighted by Crippen LogP contribution is 2.09. The molecular weight excluding hydrogens is 312 g/mol. The van der Waals surface area contributed by atoms with E-state index in [0.717, 1.165) is 78.0 Å². The van der Waals surface area contributed by atoms with Gasteiger partial charge in [0.15, 0.2) is 0 Å². The molecule has 0 radical (unpaired) electrons. The normalized spacial score (nSPS) is 22.2. The molecule has 2 saturated heterocycles. The second-order valence-corrected chi connectivity index (χ2v) is 7.25. The third-order valence-electron chi connectivity index (χ3n) is 5.29. The number of hydrogen-bond donors (Lipinski definition) is 2. The van der Waals surface area contributed by atoms with E-state index >= 15 is 0 Å². The van der Waals surface area contributed by atoms with Crippen molar-refractivity contribution in [3.8, 4) is 0 Å². The van der Waals surface area contributed by atoms with E-state index in [0.29, 0.717) is 0 Å². The topological polar surface area (TPSA) is 47.6 Å². The average molecular weight is 345 g/mol. The zero-order valence-corrected chi connectivity index (χ0v) is 15.3. The molecule has 3 rings (SSSR count). The summed E-state index contributed by atoms with van der Waals surface area (Å²) in [6, 6.07) is 10.8. The van der Waals surface area contributed by atoms with Crippen molar-refractivity contribution in [3.63, 3.8) is 0 Å². The number of carbonyl (C=O) groups is 1. The van der Waals surface area contributed by atoms with Gasteiger partial charge in [-0.05, 0) is 44.3 Å². The van der Waals surface area contributed by atoms with E-state index in [1.54, 1.807) is 0 Å². The van der Waals surface area contributed by atoms with Crippen LogP contribution in [0.3, 0.4) is 0 Å². The summed E-state index contributed by atoms with van der Waals surface area (Å²) in [5, 5.41) is 6.31. The molecule has 138 valence electrons. The Kier molecular flexibility index (Phi) is 7.27. The number of piperazine rings is 1. The first-order valence-corrected chi connectivity index (χ1v) is 9.81. The lowest BCUT2D eigenvalue weighted by atomic mass is 10.2. The lowest BCUT2D eigenvalue weighted by molar-refractivity contribution is -0.122. The molecular formula is C20H32N4O. The quantitative estimate of drug-likeness (QED) is 0.701. The van der Waals surface area contributed by atoms with E-state index in [2.05, 4.69) is 50.8 Å². The number of nitrogens with zero attached hydrogens (tertiary/aromatic N) is 2. The minimum absolute atomic E-state index is 0.0534. The molecule has 5 nitrogen and oxygen atoms in total. The molecule has 0 aliphatic carbocycles. The summed E-state index contributed by atoms with van der Waals surface area (Å²) >= 11 is 0. The molecule has 5 heteroatoms. The number of nitrogens with one attached hydrogen (secondary N) is 2. The highest BCUT2D eigenvalue weighted by Gasteiger charge is 2.21. The van der Waals surface area contributed by atoms with Gasteiger partial charge in [0.2, 0.25) is 5.91 Å². The van der Waals surface area contributed by atoms with Crippen molar-refractivity contribution in [1.29, 1.82) is 0 Å². The molecule has 1 aromatic rings. The lowest BCUT2D eigenvalue weighted by Gasteiger charge is -2.34. The van der Waals surface area contributed by atoms with E-state index in [-0.39, 0.29) is 11.9 Å². The maximum atomic E-state index is 11.9. The van der Waals surface area contributed by atoms with Gasteiger partial charge in [-0.3, -0.25) is 9.69 Å². The summed E-state index contributed by atoms with van der Waals surface area (Å²) in [6.45, 7) is 8.63. The van der Waals surface area contributed by atoms with Gasteiger partial charge in [0.05, 0.1) is 6.04 Å². The maximum absolute atomic E-state index is 11.9. The summed E-state index contributed by atoms with van der Waals surface area (Å²) in [5.41, 5.74) is 1.41. The third-order valence-corrected chi connectivity index (χ3v) is 5.29. The molecule has 0 bridgehead atoms. The van der Waals surface area contributed by atoms with Crippen molar-refractivity contribution in [2.24, 2.45) is 0 Å². The van der Waals surface area contributed by atoms with Crippen LogP contribution in [0.5, 0.6) is 0 Å². The molecule has 0 aromatic heterocycles. The largest absolute Gasteiger partial charge is 0.355 e. The standard InChI is InChI=1S/C20H32N4O/c25-20(19-9-6-11-21-19)22-10-4-5-12-23-13-15-24(16-14-23)17-18-7-2-1-3-8-18/h1-3,7-8,19,21H,4-6,9-17H2,(H,22,25)/t19-/m0/s1. The fraction of sp³-hybridized carbons (Fsp3) is 0.650. The minimum atomic E-state index is 0.0534. The molecule has 0 spiro atoms. The summed E-state index contributed by atoms with van der Waals surface area (Å²) < 4.78 is 0. The summed E-state index contributed by atoms with van der Waals surface area (Å²) in [6.07, 6.45) is 4.34. The number of unbranched alkanes of at least 4 members (excludes halogenated alkanes) is 1. The van der Waals surface area contributed by atoms with Crippen molar-refractivity contribution in [2.45, 2.75) is 38.3 Å². The van der Waals surface area contributed by atoms with Crippen LogP contribution >= 0.6 is 0 Å². The number of benzene rings is 1. The Balaban J connectivity index is 1.23. The predicted octanol–water partition coefficient (Wildman–Crippen LogP) is 1.45. The van der Waals surface area contributed by atoms with Crippen LogP contribution < -0.4 is 10.6 Å². The zero-order chi connectivity index (χ0) is 17.3. The first-order chi connectivity index (χ1) is 12.3. The van der Waals surface area contributed by atoms with E-state index in [1.165, 1.54) is 5.56 Å². The van der Waals surface area contributed by atoms with Gasteiger partial charge in [-0.2, -0.15) is 0 Å². The van der Waals surface area contributed by atoms with Crippen LogP contribution in [-0.2, 0) is 11.3 Å². The summed E-state index contributed by atoms with van der Waals surface area (Å²) in [7, 11) is 0. The van der Waals surface area contributed by atoms with Crippen molar-refractivity contribution in [3.05, 3.63) is 35.9 Å². The molecule has 0 saturated carbocycles. The van der Waals surface area contributed by atoms with Crippen LogP contribution in [-0.4, -0.2) is 67.6 Å². The smallest absolute Gasteiger partial charge is 0.237 e. The Morgan fingerprint density at radius 1 is 1.08 bits per heavy atom. The summed E-state index contributed by atoms with van der Waals surface area (Å²) in [5.74, 6) is 0.187. The van der Waals surface area contributed by atoms with E-state index < -0.39 is 0 Å². The Morgan fingerprint density at radius 2 is 1.84 bits per heavy atom. The van der Waals surface area contributed by atoms with Gasteiger partial charge >= 0.3 is 0 Å². The van der Waals surface area contributed by atoms with Gasteiger partial charge in [-0.25, -0.2) is 0 Å². The second kappa shape index (κ2) is 9.90. The Bertz CT molecular complexity index is 508. The van der Waals surface area contributed by atoms with E-state index in [9.17, 15) is 4.79 Å². The number of amides is 1. The second-order valence-electron chi connectivity index (χ2n) is 7.25. The van der Waals surface area contributed by atoms with Crippen LogP contribution in [0.2, 0.25) is 0 Å². The lowest BCUT2D eigenvalue weighted by Crippen LogP contribution is -2.46. The molecule has 2 aliphatic heterocycles. The van der Waals surface area contributed by atoms with Gasteiger partial charge in [-0.15, -0.1) is 0 Å². The molecule has 2 heterocycles. The van der Waals surface area contributed by atoms with Crippen LogP contribution in [0.25, 0.3) is 0 Å². The molecule has 2 N–H and O–H groups in total. The van der Waals surface area contributed by atoms with Gasteiger partial charge in [0.25, 0.3) is 0 Å². The highest BCUT2D eigenvalue weighted by molar-refractivity contribution is 5.81. The van der Waals surface area contributed by atoms with E-state index in [1.807, 2.05) is 0 Å². The number of carbonyl (C=O) groups excluding carboxylic acids is 1. The number of rotatable bonds is 8. The molecule has 2 aliphatic rings. The molecule has 25 heavy (non-hydrogen) atoms. The van der Waals surface area contributed by atoms with Gasteiger partial charge < -0.3 is 15.5 Å². The molecule has 2 fully saturated rings. The maximum Gasteiger partial charge on any atom is 0.237 e. The van der Waals surface area contributed by atoms with Gasteiger partial charge in [-0.1, -0.05) is 30.3 Å². The van der Waals surface area contributed by atoms with Crippen molar-refractivity contribution >= 4 is 5.91 Å². The fourth-order valence-corrected chi connectivity index (χ4v) is 3.72. The van der Waals surface area contributed by atoms with Gasteiger partial charge in [0, 0.05) is 39.3 Å². The van der Waals surface area contributed by atoms with Crippen LogP contribution in [0.4, 0.5) is 0 Å². The molecule has 1 aromatic carbocycles. The highest BCUT2D eigenvalue weighted by atomic mass is 16.2. The number of hydrogen-bond acceptors (Lipinski definition) is 4. The first kappa shape index (κ1) is 18.4. The zero-order valence-electron chi connectivity index (χ0n) is 15.3. The third kappa shape index (κ3) is 6.10. The fourth-order valence-electron chi connectivity index (χ4n) is 3.72. The SMILES string of the molecule is O=C(NCCCCN1CCN(Cc2ccccc2)CC1)[C@@H]1CCCN1. The minimum Gasteiger partial charge on any atom is -0.355 e. The predicted molar refractivity (Wildman–Crippen MR) is 101 cm³/mol.